The highest BCUT2D eigenvalue weighted by molar-refractivity contribution is 7.89. The highest BCUT2D eigenvalue weighted by atomic mass is 35.5. The summed E-state index contributed by atoms with van der Waals surface area (Å²) >= 11 is 6.12. The standard InChI is InChI=1S/C20H20ClFN2O5S/c1-28-18-12-19(29-2)17(11-16(18)21)23-20(25)13-7-9-24(10-8-13)30(26,27)15-5-3-14(22)4-6-15/h3-7,11-12H,8-10H2,1-2H3,(H,23,25). The Hall–Kier alpha value is -2.62. The molecule has 0 unspecified atom stereocenters. The van der Waals surface area contributed by atoms with Crippen LogP contribution in [0.25, 0.3) is 0 Å². The largest absolute Gasteiger partial charge is 0.495 e. The lowest BCUT2D eigenvalue weighted by atomic mass is 10.1. The number of nitrogens with one attached hydrogen (secondary N) is 1. The monoisotopic (exact) mass is 454 g/mol. The van der Waals surface area contributed by atoms with Crippen LogP contribution in [0.2, 0.25) is 5.02 Å². The van der Waals surface area contributed by atoms with E-state index in [9.17, 15) is 17.6 Å². The maximum atomic E-state index is 13.1. The van der Waals surface area contributed by atoms with Gasteiger partial charge in [0.15, 0.2) is 0 Å². The van der Waals surface area contributed by atoms with Gasteiger partial charge in [-0.2, -0.15) is 4.31 Å². The van der Waals surface area contributed by atoms with E-state index >= 15 is 0 Å². The van der Waals surface area contributed by atoms with Crippen LogP contribution in [0.4, 0.5) is 10.1 Å². The zero-order chi connectivity index (χ0) is 21.9. The van der Waals surface area contributed by atoms with E-state index in [0.717, 1.165) is 12.1 Å². The number of carbonyl (C=O) groups excluding carboxylic acids is 1. The lowest BCUT2D eigenvalue weighted by Crippen LogP contribution is -2.36. The van der Waals surface area contributed by atoms with Gasteiger partial charge in [0.25, 0.3) is 5.91 Å². The van der Waals surface area contributed by atoms with E-state index in [0.29, 0.717) is 27.8 Å². The Balaban J connectivity index is 1.73. The molecule has 0 aromatic heterocycles. The van der Waals surface area contributed by atoms with Gasteiger partial charge in [-0.05, 0) is 36.8 Å². The van der Waals surface area contributed by atoms with Gasteiger partial charge in [-0.1, -0.05) is 17.7 Å². The third kappa shape index (κ3) is 4.58. The van der Waals surface area contributed by atoms with E-state index in [4.69, 9.17) is 21.1 Å². The fraction of sp³-hybridized carbons (Fsp3) is 0.250. The van der Waals surface area contributed by atoms with Crippen molar-refractivity contribution in [3.8, 4) is 11.5 Å². The molecule has 160 valence electrons. The number of carbonyl (C=O) groups is 1. The van der Waals surface area contributed by atoms with Crippen LogP contribution in [0.1, 0.15) is 6.42 Å². The van der Waals surface area contributed by atoms with Gasteiger partial charge < -0.3 is 14.8 Å². The first-order valence-electron chi connectivity index (χ1n) is 8.94. The van der Waals surface area contributed by atoms with Gasteiger partial charge >= 0.3 is 0 Å². The van der Waals surface area contributed by atoms with Crippen molar-refractivity contribution in [3.63, 3.8) is 0 Å². The Morgan fingerprint density at radius 2 is 1.80 bits per heavy atom. The molecule has 1 amide bonds. The average molecular weight is 455 g/mol. The topological polar surface area (TPSA) is 84.9 Å². The minimum Gasteiger partial charge on any atom is -0.495 e. The van der Waals surface area contributed by atoms with E-state index in [1.54, 1.807) is 12.1 Å². The fourth-order valence-corrected chi connectivity index (χ4v) is 4.61. The lowest BCUT2D eigenvalue weighted by Gasteiger charge is -2.25. The molecule has 0 saturated carbocycles. The molecule has 10 heteroatoms. The normalized spacial score (nSPS) is 14.7. The number of ether oxygens (including phenoxy) is 2. The third-order valence-electron chi connectivity index (χ3n) is 4.64. The van der Waals surface area contributed by atoms with Gasteiger partial charge in [-0.3, -0.25) is 4.79 Å². The number of halogens is 2. The summed E-state index contributed by atoms with van der Waals surface area (Å²) in [5.41, 5.74) is 0.810. The Kier molecular flexibility index (Phi) is 6.64. The van der Waals surface area contributed by atoms with Crippen molar-refractivity contribution in [1.82, 2.24) is 4.31 Å². The molecule has 1 N–H and O–H groups in total. The molecule has 0 bridgehead atoms. The molecule has 0 radical (unpaired) electrons. The quantitative estimate of drug-likeness (QED) is 0.722. The molecule has 7 nitrogen and oxygen atoms in total. The van der Waals surface area contributed by atoms with Crippen LogP contribution >= 0.6 is 11.6 Å². The molecule has 3 rings (SSSR count). The summed E-state index contributed by atoms with van der Waals surface area (Å²) in [5, 5.41) is 3.04. The molecular weight excluding hydrogens is 435 g/mol. The van der Waals surface area contributed by atoms with Crippen LogP contribution in [0, 0.1) is 5.82 Å². The van der Waals surface area contributed by atoms with E-state index in [1.165, 1.54) is 36.7 Å². The zero-order valence-electron chi connectivity index (χ0n) is 16.3. The number of benzene rings is 2. The SMILES string of the molecule is COc1cc(OC)c(NC(=O)C2=CCN(S(=O)(=O)c3ccc(F)cc3)CC2)cc1Cl. The Morgan fingerprint density at radius 1 is 1.13 bits per heavy atom. The minimum atomic E-state index is -3.77. The number of methoxy groups -OCH3 is 2. The predicted molar refractivity (Wildman–Crippen MR) is 111 cm³/mol. The minimum absolute atomic E-state index is 0.00260. The van der Waals surface area contributed by atoms with Crippen LogP contribution in [0.3, 0.4) is 0 Å². The maximum Gasteiger partial charge on any atom is 0.251 e. The van der Waals surface area contributed by atoms with Crippen LogP contribution in [-0.2, 0) is 14.8 Å². The van der Waals surface area contributed by atoms with Crippen molar-refractivity contribution >= 4 is 33.2 Å². The summed E-state index contributed by atoms with van der Waals surface area (Å²) < 4.78 is 50.1. The smallest absolute Gasteiger partial charge is 0.251 e. The molecule has 2 aromatic rings. The molecule has 0 atom stereocenters. The molecule has 1 aliphatic heterocycles. The second-order valence-corrected chi connectivity index (χ2v) is 8.78. The molecule has 0 fully saturated rings. The van der Waals surface area contributed by atoms with Gasteiger partial charge in [0.1, 0.15) is 17.3 Å². The van der Waals surface area contributed by atoms with E-state index in [1.807, 2.05) is 0 Å². The van der Waals surface area contributed by atoms with E-state index in [-0.39, 0.29) is 30.3 Å². The van der Waals surface area contributed by atoms with Crippen LogP contribution in [-0.4, -0.2) is 45.9 Å². The number of anilines is 1. The molecule has 2 aromatic carbocycles. The average Bonchev–Trinajstić information content (AvgIpc) is 2.74. The summed E-state index contributed by atoms with van der Waals surface area (Å²) in [6.07, 6.45) is 1.77. The molecule has 30 heavy (non-hydrogen) atoms. The van der Waals surface area contributed by atoms with E-state index in [2.05, 4.69) is 5.32 Å². The van der Waals surface area contributed by atoms with Crippen molar-refractivity contribution in [2.75, 3.05) is 32.6 Å². The maximum absolute atomic E-state index is 13.1. The number of hydrogen-bond acceptors (Lipinski definition) is 5. The summed E-state index contributed by atoms with van der Waals surface area (Å²) in [4.78, 5) is 12.6. The summed E-state index contributed by atoms with van der Waals surface area (Å²) in [6, 6.07) is 7.71. The van der Waals surface area contributed by atoms with Crippen LogP contribution in [0.5, 0.6) is 11.5 Å². The Morgan fingerprint density at radius 3 is 2.37 bits per heavy atom. The van der Waals surface area contributed by atoms with Gasteiger partial charge in [-0.15, -0.1) is 0 Å². The summed E-state index contributed by atoms with van der Waals surface area (Å²) in [6.45, 7) is 0.155. The predicted octanol–water partition coefficient (Wildman–Crippen LogP) is 3.46. The third-order valence-corrected chi connectivity index (χ3v) is 6.81. The summed E-state index contributed by atoms with van der Waals surface area (Å²) in [5.74, 6) is -0.111. The first-order chi connectivity index (χ1) is 14.3. The number of rotatable bonds is 6. The first kappa shape index (κ1) is 22.1. The second-order valence-electron chi connectivity index (χ2n) is 6.44. The van der Waals surface area contributed by atoms with Gasteiger partial charge in [0.2, 0.25) is 10.0 Å². The Bertz CT molecular complexity index is 1090. The molecule has 0 saturated heterocycles. The van der Waals surface area contributed by atoms with E-state index < -0.39 is 15.8 Å². The highest BCUT2D eigenvalue weighted by Crippen LogP contribution is 2.36. The number of amides is 1. The van der Waals surface area contributed by atoms with Crippen LogP contribution in [0.15, 0.2) is 52.9 Å². The van der Waals surface area contributed by atoms with Gasteiger partial charge in [-0.25, -0.2) is 12.8 Å². The van der Waals surface area contributed by atoms with Gasteiger partial charge in [0.05, 0.1) is 29.8 Å². The van der Waals surface area contributed by atoms with Crippen molar-refractivity contribution < 1.29 is 27.1 Å². The highest BCUT2D eigenvalue weighted by Gasteiger charge is 2.28. The lowest BCUT2D eigenvalue weighted by molar-refractivity contribution is -0.113. The second kappa shape index (κ2) is 9.03. The number of sulfonamides is 1. The molecular formula is C20H20ClFN2O5S. The molecule has 0 aliphatic carbocycles. The molecule has 1 aliphatic rings. The van der Waals surface area contributed by atoms with Gasteiger partial charge in [0, 0.05) is 24.7 Å². The summed E-state index contributed by atoms with van der Waals surface area (Å²) in [7, 11) is -0.847. The Labute approximate surface area is 179 Å². The molecule has 1 heterocycles. The molecule has 0 spiro atoms. The van der Waals surface area contributed by atoms with Crippen molar-refractivity contribution in [1.29, 1.82) is 0 Å². The van der Waals surface area contributed by atoms with Crippen molar-refractivity contribution in [3.05, 3.63) is 58.9 Å². The van der Waals surface area contributed by atoms with Crippen LogP contribution < -0.4 is 14.8 Å². The number of nitrogens with zero attached hydrogens (tertiary/aromatic N) is 1. The van der Waals surface area contributed by atoms with Crippen molar-refractivity contribution in [2.45, 2.75) is 11.3 Å². The fourth-order valence-electron chi connectivity index (χ4n) is 2.99. The first-order valence-corrected chi connectivity index (χ1v) is 10.8. The van der Waals surface area contributed by atoms with Crippen molar-refractivity contribution in [2.24, 2.45) is 0 Å². The number of hydrogen-bond donors (Lipinski definition) is 1. The zero-order valence-corrected chi connectivity index (χ0v) is 17.9.